The Hall–Kier alpha value is -2.07. The Morgan fingerprint density at radius 3 is 2.15 bits per heavy atom. The van der Waals surface area contributed by atoms with Crippen LogP contribution in [-0.2, 0) is 0 Å². The third-order valence-electron chi connectivity index (χ3n) is 3.34. The molecule has 1 atom stereocenters. The summed E-state index contributed by atoms with van der Waals surface area (Å²) in [7, 11) is 3.17. The van der Waals surface area contributed by atoms with Gasteiger partial charge in [-0.3, -0.25) is 0 Å². The zero-order chi connectivity index (χ0) is 14.7. The quantitative estimate of drug-likeness (QED) is 0.932. The second-order valence-electron chi connectivity index (χ2n) is 4.55. The molecule has 0 saturated carbocycles. The third kappa shape index (κ3) is 2.60. The SMILES string of the molecule is COc1cccc(OC)c1C(N)c1ccc(F)cc1C. The molecule has 2 aromatic carbocycles. The summed E-state index contributed by atoms with van der Waals surface area (Å²) >= 11 is 0. The molecule has 2 N–H and O–H groups in total. The van der Waals surface area contributed by atoms with E-state index in [9.17, 15) is 4.39 Å². The standard InChI is InChI=1S/C16H18FNO2/c1-10-9-11(17)7-8-12(10)16(18)15-13(19-2)5-4-6-14(15)20-3/h4-9,16H,18H2,1-3H3. The highest BCUT2D eigenvalue weighted by Crippen LogP contribution is 2.36. The first-order chi connectivity index (χ1) is 9.58. The lowest BCUT2D eigenvalue weighted by Gasteiger charge is -2.20. The van der Waals surface area contributed by atoms with Gasteiger partial charge in [0.25, 0.3) is 0 Å². The molecule has 0 radical (unpaired) electrons. The minimum Gasteiger partial charge on any atom is -0.496 e. The molecule has 1 unspecified atom stereocenters. The number of rotatable bonds is 4. The first-order valence-electron chi connectivity index (χ1n) is 6.31. The number of methoxy groups -OCH3 is 2. The Bertz CT molecular complexity index is 591. The molecule has 4 heteroatoms. The van der Waals surface area contributed by atoms with Crippen molar-refractivity contribution in [3.8, 4) is 11.5 Å². The lowest BCUT2D eigenvalue weighted by molar-refractivity contribution is 0.382. The van der Waals surface area contributed by atoms with Crippen LogP contribution < -0.4 is 15.2 Å². The highest BCUT2D eigenvalue weighted by atomic mass is 19.1. The summed E-state index contributed by atoms with van der Waals surface area (Å²) < 4.78 is 23.9. The van der Waals surface area contributed by atoms with Crippen molar-refractivity contribution in [2.75, 3.05) is 14.2 Å². The predicted molar refractivity (Wildman–Crippen MR) is 76.7 cm³/mol. The van der Waals surface area contributed by atoms with Crippen molar-refractivity contribution in [3.63, 3.8) is 0 Å². The fourth-order valence-electron chi connectivity index (χ4n) is 2.33. The molecule has 0 amide bonds. The number of nitrogens with two attached hydrogens (primary N) is 1. The molecule has 0 heterocycles. The highest BCUT2D eigenvalue weighted by Gasteiger charge is 2.20. The molecule has 0 spiro atoms. The summed E-state index contributed by atoms with van der Waals surface area (Å²) in [4.78, 5) is 0. The number of halogens is 1. The molecule has 20 heavy (non-hydrogen) atoms. The Morgan fingerprint density at radius 1 is 1.05 bits per heavy atom. The third-order valence-corrected chi connectivity index (χ3v) is 3.34. The van der Waals surface area contributed by atoms with E-state index >= 15 is 0 Å². The maximum Gasteiger partial charge on any atom is 0.127 e. The average Bonchev–Trinajstić information content (AvgIpc) is 2.45. The Labute approximate surface area is 118 Å². The van der Waals surface area contributed by atoms with Crippen molar-refractivity contribution in [1.82, 2.24) is 0 Å². The molecule has 2 rings (SSSR count). The molecular weight excluding hydrogens is 257 g/mol. The second kappa shape index (κ2) is 5.92. The first kappa shape index (κ1) is 14.3. The molecule has 0 fully saturated rings. The van der Waals surface area contributed by atoms with Crippen molar-refractivity contribution in [2.45, 2.75) is 13.0 Å². The van der Waals surface area contributed by atoms with E-state index < -0.39 is 6.04 Å². The Balaban J connectivity index is 2.55. The van der Waals surface area contributed by atoms with Gasteiger partial charge < -0.3 is 15.2 Å². The summed E-state index contributed by atoms with van der Waals surface area (Å²) in [5.74, 6) is 1.03. The molecular formula is C16H18FNO2. The Kier molecular flexibility index (Phi) is 4.25. The van der Waals surface area contributed by atoms with Crippen LogP contribution in [-0.4, -0.2) is 14.2 Å². The average molecular weight is 275 g/mol. The van der Waals surface area contributed by atoms with E-state index in [1.807, 2.05) is 25.1 Å². The molecule has 0 saturated heterocycles. The summed E-state index contributed by atoms with van der Waals surface area (Å²) in [6.07, 6.45) is 0. The molecule has 106 valence electrons. The van der Waals surface area contributed by atoms with Gasteiger partial charge in [-0.25, -0.2) is 4.39 Å². The van der Waals surface area contributed by atoms with Crippen molar-refractivity contribution >= 4 is 0 Å². The van der Waals surface area contributed by atoms with Crippen LogP contribution in [0.4, 0.5) is 4.39 Å². The molecule has 0 aromatic heterocycles. The van der Waals surface area contributed by atoms with E-state index in [-0.39, 0.29) is 5.82 Å². The topological polar surface area (TPSA) is 44.5 Å². The van der Waals surface area contributed by atoms with Gasteiger partial charge in [-0.15, -0.1) is 0 Å². The van der Waals surface area contributed by atoms with E-state index in [0.29, 0.717) is 11.5 Å². The lowest BCUT2D eigenvalue weighted by atomic mass is 9.94. The molecule has 2 aromatic rings. The molecule has 3 nitrogen and oxygen atoms in total. The minimum atomic E-state index is -0.443. The van der Waals surface area contributed by atoms with Crippen LogP contribution >= 0.6 is 0 Å². The van der Waals surface area contributed by atoms with Crippen LogP contribution in [0.2, 0.25) is 0 Å². The number of ether oxygens (including phenoxy) is 2. The molecule has 0 bridgehead atoms. The van der Waals surface area contributed by atoms with Crippen molar-refractivity contribution in [1.29, 1.82) is 0 Å². The molecule has 0 aliphatic heterocycles. The van der Waals surface area contributed by atoms with Crippen LogP contribution in [0, 0.1) is 12.7 Å². The second-order valence-corrected chi connectivity index (χ2v) is 4.55. The van der Waals surface area contributed by atoms with Crippen LogP contribution in [0.15, 0.2) is 36.4 Å². The smallest absolute Gasteiger partial charge is 0.127 e. The highest BCUT2D eigenvalue weighted by molar-refractivity contribution is 5.51. The zero-order valence-electron chi connectivity index (χ0n) is 11.8. The monoisotopic (exact) mass is 275 g/mol. The summed E-state index contributed by atoms with van der Waals surface area (Å²) in [6.45, 7) is 1.83. The van der Waals surface area contributed by atoms with Gasteiger partial charge >= 0.3 is 0 Å². The maximum atomic E-state index is 13.2. The van der Waals surface area contributed by atoms with Gasteiger partial charge in [0, 0.05) is 0 Å². The predicted octanol–water partition coefficient (Wildman–Crippen LogP) is 3.20. The fourth-order valence-corrected chi connectivity index (χ4v) is 2.33. The van der Waals surface area contributed by atoms with E-state index in [0.717, 1.165) is 16.7 Å². The van der Waals surface area contributed by atoms with Crippen LogP contribution in [0.5, 0.6) is 11.5 Å². The summed E-state index contributed by atoms with van der Waals surface area (Å²) in [5, 5.41) is 0. The van der Waals surface area contributed by atoms with Gasteiger partial charge in [-0.1, -0.05) is 12.1 Å². The Morgan fingerprint density at radius 2 is 1.65 bits per heavy atom. The van der Waals surface area contributed by atoms with Crippen molar-refractivity contribution < 1.29 is 13.9 Å². The van der Waals surface area contributed by atoms with Gasteiger partial charge in [0.05, 0.1) is 25.8 Å². The maximum absolute atomic E-state index is 13.2. The fraction of sp³-hybridized carbons (Fsp3) is 0.250. The minimum absolute atomic E-state index is 0.273. The number of aryl methyl sites for hydroxylation is 1. The van der Waals surface area contributed by atoms with E-state index in [1.54, 1.807) is 20.3 Å². The van der Waals surface area contributed by atoms with Gasteiger partial charge in [-0.2, -0.15) is 0 Å². The van der Waals surface area contributed by atoms with E-state index in [4.69, 9.17) is 15.2 Å². The van der Waals surface area contributed by atoms with Crippen LogP contribution in [0.3, 0.4) is 0 Å². The van der Waals surface area contributed by atoms with Gasteiger partial charge in [0.15, 0.2) is 0 Å². The molecule has 0 aliphatic carbocycles. The van der Waals surface area contributed by atoms with Crippen molar-refractivity contribution in [2.24, 2.45) is 5.73 Å². The number of hydrogen-bond acceptors (Lipinski definition) is 3. The van der Waals surface area contributed by atoms with Crippen LogP contribution in [0.25, 0.3) is 0 Å². The summed E-state index contributed by atoms with van der Waals surface area (Å²) in [6, 6.07) is 9.63. The van der Waals surface area contributed by atoms with Gasteiger partial charge in [0.1, 0.15) is 17.3 Å². The summed E-state index contributed by atoms with van der Waals surface area (Å²) in [5.41, 5.74) is 8.73. The van der Waals surface area contributed by atoms with E-state index in [2.05, 4.69) is 0 Å². The largest absolute Gasteiger partial charge is 0.496 e. The van der Waals surface area contributed by atoms with E-state index in [1.165, 1.54) is 12.1 Å². The van der Waals surface area contributed by atoms with Gasteiger partial charge in [0.2, 0.25) is 0 Å². The number of benzene rings is 2. The van der Waals surface area contributed by atoms with Crippen LogP contribution in [0.1, 0.15) is 22.7 Å². The van der Waals surface area contributed by atoms with Gasteiger partial charge in [-0.05, 0) is 42.3 Å². The normalized spacial score (nSPS) is 12.1. The molecule has 0 aliphatic rings. The number of hydrogen-bond donors (Lipinski definition) is 1. The zero-order valence-corrected chi connectivity index (χ0v) is 11.8. The first-order valence-corrected chi connectivity index (χ1v) is 6.31. The lowest BCUT2D eigenvalue weighted by Crippen LogP contribution is -2.15. The van der Waals surface area contributed by atoms with Crippen molar-refractivity contribution in [3.05, 3.63) is 58.9 Å².